The molecule has 0 saturated carbocycles. The van der Waals surface area contributed by atoms with Crippen LogP contribution in [0.25, 0.3) is 16.7 Å². The zero-order valence-electron chi connectivity index (χ0n) is 10.2. The maximum atomic E-state index is 11.9. The summed E-state index contributed by atoms with van der Waals surface area (Å²) >= 11 is 0. The SMILES string of the molecule is CCOC(=O)c1n[nH]n2c1nc(=O)c1cn(C)nc12. The van der Waals surface area contributed by atoms with Crippen LogP contribution < -0.4 is 5.56 Å². The number of aromatic amines is 1. The van der Waals surface area contributed by atoms with Gasteiger partial charge in [-0.05, 0) is 6.92 Å². The number of hydrogen-bond donors (Lipinski definition) is 1. The summed E-state index contributed by atoms with van der Waals surface area (Å²) in [4.78, 5) is 27.4. The molecule has 0 amide bonds. The maximum absolute atomic E-state index is 11.9. The molecule has 1 N–H and O–H groups in total. The molecule has 0 spiro atoms. The summed E-state index contributed by atoms with van der Waals surface area (Å²) in [5, 5.41) is 10.9. The molecule has 0 aromatic carbocycles. The molecule has 0 unspecified atom stereocenters. The number of fused-ring (bicyclic) bond motifs is 3. The first-order valence-corrected chi connectivity index (χ1v) is 5.59. The maximum Gasteiger partial charge on any atom is 0.362 e. The van der Waals surface area contributed by atoms with Crippen LogP contribution >= 0.6 is 0 Å². The van der Waals surface area contributed by atoms with Gasteiger partial charge in [0.2, 0.25) is 5.69 Å². The fourth-order valence-corrected chi connectivity index (χ4v) is 1.84. The van der Waals surface area contributed by atoms with Crippen molar-refractivity contribution in [2.45, 2.75) is 6.92 Å². The number of aromatic nitrogens is 6. The minimum atomic E-state index is -0.636. The minimum absolute atomic E-state index is 0.0356. The van der Waals surface area contributed by atoms with E-state index in [4.69, 9.17) is 4.74 Å². The fraction of sp³-hybridized carbons (Fsp3) is 0.300. The quantitative estimate of drug-likeness (QED) is 0.623. The van der Waals surface area contributed by atoms with Crippen LogP contribution in [0.1, 0.15) is 17.4 Å². The molecular formula is C10H10N6O3. The smallest absolute Gasteiger partial charge is 0.362 e. The minimum Gasteiger partial charge on any atom is -0.461 e. The molecule has 0 aliphatic heterocycles. The Hall–Kier alpha value is -2.71. The van der Waals surface area contributed by atoms with Crippen molar-refractivity contribution < 1.29 is 9.53 Å². The Morgan fingerprint density at radius 2 is 2.26 bits per heavy atom. The zero-order chi connectivity index (χ0) is 13.6. The van der Waals surface area contributed by atoms with Gasteiger partial charge in [0, 0.05) is 13.2 Å². The highest BCUT2D eigenvalue weighted by molar-refractivity contribution is 5.94. The van der Waals surface area contributed by atoms with E-state index in [1.54, 1.807) is 20.2 Å². The highest BCUT2D eigenvalue weighted by atomic mass is 16.5. The van der Waals surface area contributed by atoms with E-state index in [9.17, 15) is 9.59 Å². The second-order valence-electron chi connectivity index (χ2n) is 3.90. The van der Waals surface area contributed by atoms with E-state index >= 15 is 0 Å². The van der Waals surface area contributed by atoms with Gasteiger partial charge in [-0.25, -0.2) is 10.0 Å². The van der Waals surface area contributed by atoms with Gasteiger partial charge in [-0.15, -0.1) is 5.10 Å². The molecule has 0 atom stereocenters. The molecule has 9 nitrogen and oxygen atoms in total. The largest absolute Gasteiger partial charge is 0.461 e. The molecule has 0 saturated heterocycles. The predicted octanol–water partition coefficient (Wildman–Crippen LogP) is -0.519. The molecule has 0 aliphatic carbocycles. The lowest BCUT2D eigenvalue weighted by atomic mass is 10.4. The number of hydrogen-bond acceptors (Lipinski definition) is 6. The Labute approximate surface area is 105 Å². The van der Waals surface area contributed by atoms with Crippen LogP contribution in [0.2, 0.25) is 0 Å². The zero-order valence-corrected chi connectivity index (χ0v) is 10.2. The molecule has 0 aliphatic rings. The number of carbonyl (C=O) groups is 1. The van der Waals surface area contributed by atoms with Crippen molar-refractivity contribution in [3.8, 4) is 0 Å². The van der Waals surface area contributed by atoms with E-state index in [1.807, 2.05) is 0 Å². The summed E-state index contributed by atoms with van der Waals surface area (Å²) in [5.41, 5.74) is -0.0308. The van der Waals surface area contributed by atoms with E-state index < -0.39 is 11.5 Å². The first-order chi connectivity index (χ1) is 9.11. The number of ether oxygens (including phenoxy) is 1. The van der Waals surface area contributed by atoms with Crippen molar-refractivity contribution in [1.29, 1.82) is 0 Å². The summed E-state index contributed by atoms with van der Waals surface area (Å²) in [7, 11) is 1.69. The van der Waals surface area contributed by atoms with Crippen molar-refractivity contribution in [3.05, 3.63) is 22.2 Å². The average Bonchev–Trinajstić information content (AvgIpc) is 2.92. The van der Waals surface area contributed by atoms with Gasteiger partial charge in [0.1, 0.15) is 5.39 Å². The van der Waals surface area contributed by atoms with Gasteiger partial charge >= 0.3 is 5.97 Å². The summed E-state index contributed by atoms with van der Waals surface area (Å²) in [6.07, 6.45) is 1.56. The standard InChI is InChI=1S/C10H10N6O3/c1-3-19-10(18)6-8-11-9(17)5-4-15(2)13-7(5)16(8)14-12-6/h4,14H,3H2,1-2H3. The topological polar surface area (TPSA) is 107 Å². The molecule has 98 valence electrons. The number of nitrogens with one attached hydrogen (secondary N) is 1. The van der Waals surface area contributed by atoms with Gasteiger partial charge in [0.15, 0.2) is 11.3 Å². The first kappa shape index (κ1) is 11.4. The van der Waals surface area contributed by atoms with Gasteiger partial charge in [-0.1, -0.05) is 0 Å². The summed E-state index contributed by atoms with van der Waals surface area (Å²) < 4.78 is 7.72. The van der Waals surface area contributed by atoms with Crippen molar-refractivity contribution in [2.75, 3.05) is 6.61 Å². The number of nitrogens with zero attached hydrogens (tertiary/aromatic N) is 5. The lowest BCUT2D eigenvalue weighted by molar-refractivity contribution is 0.0521. The molecule has 3 heterocycles. The first-order valence-electron chi connectivity index (χ1n) is 5.59. The summed E-state index contributed by atoms with van der Waals surface area (Å²) in [6, 6.07) is 0. The molecule has 3 rings (SSSR count). The third kappa shape index (κ3) is 1.58. The lowest BCUT2D eigenvalue weighted by Crippen LogP contribution is -2.12. The van der Waals surface area contributed by atoms with E-state index in [-0.39, 0.29) is 17.9 Å². The van der Waals surface area contributed by atoms with E-state index in [1.165, 1.54) is 9.20 Å². The van der Waals surface area contributed by atoms with Crippen LogP contribution in [0, 0.1) is 0 Å². The second kappa shape index (κ2) is 3.90. The lowest BCUT2D eigenvalue weighted by Gasteiger charge is -1.97. The van der Waals surface area contributed by atoms with Crippen molar-refractivity contribution in [3.63, 3.8) is 0 Å². The van der Waals surface area contributed by atoms with Gasteiger partial charge in [-0.2, -0.15) is 14.6 Å². The Bertz CT molecular complexity index is 842. The average molecular weight is 262 g/mol. The van der Waals surface area contributed by atoms with Crippen molar-refractivity contribution in [2.24, 2.45) is 7.05 Å². The van der Waals surface area contributed by atoms with Crippen LogP contribution in [-0.4, -0.2) is 42.2 Å². The number of rotatable bonds is 2. The molecule has 19 heavy (non-hydrogen) atoms. The van der Waals surface area contributed by atoms with Gasteiger partial charge < -0.3 is 4.74 Å². The molecule has 0 fully saturated rings. The van der Waals surface area contributed by atoms with E-state index in [2.05, 4.69) is 20.4 Å². The van der Waals surface area contributed by atoms with Crippen LogP contribution in [0.5, 0.6) is 0 Å². The number of carbonyl (C=O) groups excluding carboxylic acids is 1. The monoisotopic (exact) mass is 262 g/mol. The second-order valence-corrected chi connectivity index (χ2v) is 3.90. The predicted molar refractivity (Wildman–Crippen MR) is 63.8 cm³/mol. The third-order valence-corrected chi connectivity index (χ3v) is 2.61. The molecule has 3 aromatic rings. The van der Waals surface area contributed by atoms with E-state index in [0.717, 1.165) is 0 Å². The number of aryl methyl sites for hydroxylation is 1. The molecule has 0 bridgehead atoms. The Balaban J connectivity index is 2.35. The van der Waals surface area contributed by atoms with Crippen LogP contribution in [0.15, 0.2) is 11.0 Å². The Morgan fingerprint density at radius 1 is 1.47 bits per heavy atom. The number of H-pyrrole nitrogens is 1. The highest BCUT2D eigenvalue weighted by Crippen LogP contribution is 2.11. The third-order valence-electron chi connectivity index (χ3n) is 2.61. The van der Waals surface area contributed by atoms with Gasteiger partial charge in [-0.3, -0.25) is 9.48 Å². The Kier molecular flexibility index (Phi) is 2.34. The van der Waals surface area contributed by atoms with Gasteiger partial charge in [0.05, 0.1) is 6.61 Å². The van der Waals surface area contributed by atoms with Crippen molar-refractivity contribution in [1.82, 2.24) is 29.6 Å². The normalized spacial score (nSPS) is 11.3. The molecule has 3 aromatic heterocycles. The summed E-state index contributed by atoms with van der Waals surface area (Å²) in [5.74, 6) is -0.636. The van der Waals surface area contributed by atoms with Crippen LogP contribution in [0.4, 0.5) is 0 Å². The summed E-state index contributed by atoms with van der Waals surface area (Å²) in [6.45, 7) is 1.90. The van der Waals surface area contributed by atoms with Crippen LogP contribution in [-0.2, 0) is 11.8 Å². The van der Waals surface area contributed by atoms with Crippen molar-refractivity contribution >= 4 is 22.6 Å². The highest BCUT2D eigenvalue weighted by Gasteiger charge is 2.20. The molecule has 9 heteroatoms. The Morgan fingerprint density at radius 3 is 3.00 bits per heavy atom. The van der Waals surface area contributed by atoms with Gasteiger partial charge in [0.25, 0.3) is 5.56 Å². The molecular weight excluding hydrogens is 252 g/mol. The van der Waals surface area contributed by atoms with E-state index in [0.29, 0.717) is 11.0 Å². The number of esters is 1. The van der Waals surface area contributed by atoms with Crippen LogP contribution in [0.3, 0.4) is 0 Å². The molecule has 0 radical (unpaired) electrons. The fourth-order valence-electron chi connectivity index (χ4n) is 1.84.